The summed E-state index contributed by atoms with van der Waals surface area (Å²) in [5.41, 5.74) is 1.89. The minimum atomic E-state index is 0.432. The van der Waals surface area contributed by atoms with Crippen LogP contribution in [0.15, 0.2) is 30.6 Å². The van der Waals surface area contributed by atoms with Gasteiger partial charge in [0.25, 0.3) is 0 Å². The van der Waals surface area contributed by atoms with Crippen LogP contribution >= 0.6 is 23.2 Å². The quantitative estimate of drug-likeness (QED) is 0.771. The maximum atomic E-state index is 6.06. The Balaban J connectivity index is 2.10. The molecule has 1 aromatic heterocycles. The molecule has 0 spiro atoms. The normalized spacial score (nSPS) is 10.5. The maximum absolute atomic E-state index is 6.06. The molecule has 0 bridgehead atoms. The molecule has 0 unspecified atom stereocenters. The lowest BCUT2D eigenvalue weighted by molar-refractivity contribution is 0.289. The van der Waals surface area contributed by atoms with Gasteiger partial charge in [-0.1, -0.05) is 48.7 Å². The van der Waals surface area contributed by atoms with E-state index in [9.17, 15) is 0 Å². The van der Waals surface area contributed by atoms with Gasteiger partial charge in [-0.25, -0.2) is 9.97 Å². The van der Waals surface area contributed by atoms with Crippen molar-refractivity contribution in [1.82, 2.24) is 9.97 Å². The molecule has 0 amide bonds. The largest absolute Gasteiger partial charge is 0.472 e. The van der Waals surface area contributed by atoms with Crippen LogP contribution in [0.1, 0.15) is 24.5 Å². The monoisotopic (exact) mass is 296 g/mol. The smallest absolute Gasteiger partial charge is 0.221 e. The molecular weight excluding hydrogens is 283 g/mol. The highest BCUT2D eigenvalue weighted by Crippen LogP contribution is 2.24. The number of benzene rings is 1. The second-order valence-electron chi connectivity index (χ2n) is 4.11. The average Bonchev–Trinajstić information content (AvgIpc) is 2.41. The highest BCUT2D eigenvalue weighted by Gasteiger charge is 2.10. The Morgan fingerprint density at radius 2 is 1.84 bits per heavy atom. The minimum Gasteiger partial charge on any atom is -0.472 e. The SMILES string of the molecule is CCCc1c(Cl)ncnc1OCc1ccc(Cl)cc1. The summed E-state index contributed by atoms with van der Waals surface area (Å²) in [7, 11) is 0. The van der Waals surface area contributed by atoms with Crippen LogP contribution in [0.3, 0.4) is 0 Å². The standard InChI is InChI=1S/C14H14Cl2N2O/c1-2-3-12-13(16)17-9-18-14(12)19-8-10-4-6-11(15)7-5-10/h4-7,9H,2-3,8H2,1H3. The van der Waals surface area contributed by atoms with Gasteiger partial charge in [-0.3, -0.25) is 0 Å². The zero-order valence-electron chi connectivity index (χ0n) is 10.6. The lowest BCUT2D eigenvalue weighted by atomic mass is 10.2. The van der Waals surface area contributed by atoms with Crippen molar-refractivity contribution in [2.24, 2.45) is 0 Å². The van der Waals surface area contributed by atoms with Crippen LogP contribution in [0.4, 0.5) is 0 Å². The highest BCUT2D eigenvalue weighted by molar-refractivity contribution is 6.30. The summed E-state index contributed by atoms with van der Waals surface area (Å²) >= 11 is 11.9. The molecule has 2 aromatic rings. The number of halogens is 2. The molecule has 0 aliphatic heterocycles. The molecule has 0 aliphatic carbocycles. The van der Waals surface area contributed by atoms with E-state index < -0.39 is 0 Å². The van der Waals surface area contributed by atoms with Crippen LogP contribution in [0.2, 0.25) is 10.2 Å². The van der Waals surface area contributed by atoms with E-state index in [0.29, 0.717) is 22.7 Å². The molecule has 0 radical (unpaired) electrons. The van der Waals surface area contributed by atoms with Crippen LogP contribution in [-0.2, 0) is 13.0 Å². The molecule has 0 saturated carbocycles. The summed E-state index contributed by atoms with van der Waals surface area (Å²) in [5.74, 6) is 0.553. The third kappa shape index (κ3) is 3.82. The third-order valence-electron chi connectivity index (χ3n) is 2.64. The predicted octanol–water partition coefficient (Wildman–Crippen LogP) is 4.31. The van der Waals surface area contributed by atoms with Crippen LogP contribution in [-0.4, -0.2) is 9.97 Å². The van der Waals surface area contributed by atoms with E-state index in [1.807, 2.05) is 24.3 Å². The van der Waals surface area contributed by atoms with Gasteiger partial charge in [0, 0.05) is 5.02 Å². The van der Waals surface area contributed by atoms with Crippen molar-refractivity contribution >= 4 is 23.2 Å². The van der Waals surface area contributed by atoms with Gasteiger partial charge in [-0.2, -0.15) is 0 Å². The van der Waals surface area contributed by atoms with Gasteiger partial charge in [0.05, 0.1) is 5.56 Å². The molecule has 2 rings (SSSR count). The Bertz CT molecular complexity index is 544. The predicted molar refractivity (Wildman–Crippen MR) is 76.8 cm³/mol. The molecule has 5 heteroatoms. The minimum absolute atomic E-state index is 0.432. The second-order valence-corrected chi connectivity index (χ2v) is 4.91. The third-order valence-corrected chi connectivity index (χ3v) is 3.22. The van der Waals surface area contributed by atoms with Crippen LogP contribution in [0, 0.1) is 0 Å². The maximum Gasteiger partial charge on any atom is 0.221 e. The van der Waals surface area contributed by atoms with Crippen LogP contribution < -0.4 is 4.74 Å². The Hall–Kier alpha value is -1.32. The molecule has 0 aliphatic rings. The van der Waals surface area contributed by atoms with Crippen molar-refractivity contribution in [3.8, 4) is 5.88 Å². The molecule has 3 nitrogen and oxygen atoms in total. The topological polar surface area (TPSA) is 35.0 Å². The van der Waals surface area contributed by atoms with Crippen LogP contribution in [0.25, 0.3) is 0 Å². The number of nitrogens with zero attached hydrogens (tertiary/aromatic N) is 2. The van der Waals surface area contributed by atoms with E-state index in [1.165, 1.54) is 6.33 Å². The van der Waals surface area contributed by atoms with E-state index in [1.54, 1.807) is 0 Å². The van der Waals surface area contributed by atoms with E-state index >= 15 is 0 Å². The number of rotatable bonds is 5. The van der Waals surface area contributed by atoms with E-state index in [4.69, 9.17) is 27.9 Å². The first-order chi connectivity index (χ1) is 9.20. The van der Waals surface area contributed by atoms with E-state index in [-0.39, 0.29) is 0 Å². The zero-order chi connectivity index (χ0) is 13.7. The lowest BCUT2D eigenvalue weighted by Crippen LogP contribution is -2.02. The average molecular weight is 297 g/mol. The fraction of sp³-hybridized carbons (Fsp3) is 0.286. The highest BCUT2D eigenvalue weighted by atomic mass is 35.5. The molecule has 1 heterocycles. The number of ether oxygens (including phenoxy) is 1. The lowest BCUT2D eigenvalue weighted by Gasteiger charge is -2.10. The molecule has 0 atom stereocenters. The van der Waals surface area contributed by atoms with Crippen molar-refractivity contribution in [2.45, 2.75) is 26.4 Å². The van der Waals surface area contributed by atoms with Crippen molar-refractivity contribution in [3.05, 3.63) is 51.9 Å². The Labute approximate surface area is 122 Å². The van der Waals surface area contributed by atoms with Crippen molar-refractivity contribution in [1.29, 1.82) is 0 Å². The molecule has 100 valence electrons. The first-order valence-electron chi connectivity index (χ1n) is 6.07. The van der Waals surface area contributed by atoms with Crippen molar-refractivity contribution in [2.75, 3.05) is 0 Å². The van der Waals surface area contributed by atoms with Gasteiger partial charge in [-0.15, -0.1) is 0 Å². The molecular formula is C14H14Cl2N2O. The van der Waals surface area contributed by atoms with Crippen LogP contribution in [0.5, 0.6) is 5.88 Å². The van der Waals surface area contributed by atoms with Gasteiger partial charge in [0.1, 0.15) is 18.1 Å². The molecule has 19 heavy (non-hydrogen) atoms. The fourth-order valence-corrected chi connectivity index (χ4v) is 2.04. The molecule has 1 aromatic carbocycles. The van der Waals surface area contributed by atoms with Gasteiger partial charge in [0.2, 0.25) is 5.88 Å². The Morgan fingerprint density at radius 1 is 1.11 bits per heavy atom. The van der Waals surface area contributed by atoms with Gasteiger partial charge in [-0.05, 0) is 24.1 Å². The first-order valence-corrected chi connectivity index (χ1v) is 6.83. The number of hydrogen-bond acceptors (Lipinski definition) is 3. The number of hydrogen-bond donors (Lipinski definition) is 0. The van der Waals surface area contributed by atoms with Crippen molar-refractivity contribution in [3.63, 3.8) is 0 Å². The van der Waals surface area contributed by atoms with Crippen molar-refractivity contribution < 1.29 is 4.74 Å². The number of aromatic nitrogens is 2. The second kappa shape index (κ2) is 6.73. The summed E-state index contributed by atoms with van der Waals surface area (Å²) in [6, 6.07) is 7.51. The van der Waals surface area contributed by atoms with Gasteiger partial charge >= 0.3 is 0 Å². The summed E-state index contributed by atoms with van der Waals surface area (Å²) in [5, 5.41) is 1.17. The Kier molecular flexibility index (Phi) is 5.00. The molecule has 0 N–H and O–H groups in total. The summed E-state index contributed by atoms with van der Waals surface area (Å²) in [6.07, 6.45) is 3.18. The summed E-state index contributed by atoms with van der Waals surface area (Å²) < 4.78 is 5.72. The van der Waals surface area contributed by atoms with E-state index in [0.717, 1.165) is 24.0 Å². The summed E-state index contributed by atoms with van der Waals surface area (Å²) in [6.45, 7) is 2.51. The molecule has 0 fully saturated rings. The van der Waals surface area contributed by atoms with Gasteiger partial charge in [0.15, 0.2) is 0 Å². The zero-order valence-corrected chi connectivity index (χ0v) is 12.1. The van der Waals surface area contributed by atoms with E-state index in [2.05, 4.69) is 16.9 Å². The van der Waals surface area contributed by atoms with Gasteiger partial charge < -0.3 is 4.74 Å². The fourth-order valence-electron chi connectivity index (χ4n) is 1.69. The first kappa shape index (κ1) is 14.1. The summed E-state index contributed by atoms with van der Waals surface area (Å²) in [4.78, 5) is 8.13. The Morgan fingerprint density at radius 3 is 2.53 bits per heavy atom. The molecule has 0 saturated heterocycles.